The van der Waals surface area contributed by atoms with Gasteiger partial charge in [0, 0.05) is 18.3 Å². The molecule has 2 aromatic carbocycles. The molecule has 4 rings (SSSR count). The Morgan fingerprint density at radius 2 is 1.65 bits per heavy atom. The molecule has 0 aliphatic rings. The second kappa shape index (κ2) is 6.31. The first kappa shape index (κ1) is 15.4. The summed E-state index contributed by atoms with van der Waals surface area (Å²) in [6.07, 6.45) is 2.19. The zero-order valence-electron chi connectivity index (χ0n) is 12.9. The van der Waals surface area contributed by atoms with Crippen molar-refractivity contribution in [2.45, 2.75) is 6.92 Å². The van der Waals surface area contributed by atoms with Gasteiger partial charge >= 0.3 is 0 Å². The van der Waals surface area contributed by atoms with Crippen molar-refractivity contribution in [2.75, 3.05) is 11.9 Å². The van der Waals surface area contributed by atoms with E-state index in [-0.39, 0.29) is 12.4 Å². The van der Waals surface area contributed by atoms with Crippen LogP contribution in [0, 0.1) is 0 Å². The van der Waals surface area contributed by atoms with Gasteiger partial charge in [0.2, 0.25) is 0 Å². The molecule has 0 atom stereocenters. The van der Waals surface area contributed by atoms with Crippen LogP contribution in [0.4, 0.5) is 5.82 Å². The average molecular weight is 324 g/mol. The maximum absolute atomic E-state index is 4.77. The fourth-order valence-corrected chi connectivity index (χ4v) is 2.87. The summed E-state index contributed by atoms with van der Waals surface area (Å²) in [4.78, 5) is 4.77. The Morgan fingerprint density at radius 3 is 2.43 bits per heavy atom. The van der Waals surface area contributed by atoms with E-state index >= 15 is 0 Å². The van der Waals surface area contributed by atoms with Gasteiger partial charge in [0.05, 0.1) is 16.6 Å². The first-order chi connectivity index (χ1) is 10.9. The van der Waals surface area contributed by atoms with E-state index in [1.807, 2.05) is 12.1 Å². The van der Waals surface area contributed by atoms with Gasteiger partial charge < -0.3 is 9.72 Å². The summed E-state index contributed by atoms with van der Waals surface area (Å²) < 4.78 is 2.22. The van der Waals surface area contributed by atoms with Crippen molar-refractivity contribution in [2.24, 2.45) is 0 Å². The first-order valence-electron chi connectivity index (χ1n) is 7.57. The van der Waals surface area contributed by atoms with Gasteiger partial charge in [0.25, 0.3) is 0 Å². The maximum Gasteiger partial charge on any atom is 0.151 e. The Kier molecular flexibility index (Phi) is 4.22. The van der Waals surface area contributed by atoms with E-state index in [4.69, 9.17) is 4.98 Å². The van der Waals surface area contributed by atoms with Gasteiger partial charge in [-0.15, -0.1) is 12.4 Å². The quantitative estimate of drug-likeness (QED) is 0.574. The van der Waals surface area contributed by atoms with Gasteiger partial charge in [0.15, 0.2) is 5.82 Å². The lowest BCUT2D eigenvalue weighted by Crippen LogP contribution is -2.02. The predicted molar refractivity (Wildman–Crippen MR) is 99.5 cm³/mol. The Morgan fingerprint density at radius 1 is 0.913 bits per heavy atom. The smallest absolute Gasteiger partial charge is 0.151 e. The number of aromatic nitrogens is 2. The van der Waals surface area contributed by atoms with Crippen LogP contribution in [-0.4, -0.2) is 15.9 Å². The monoisotopic (exact) mass is 323 g/mol. The molecule has 4 heteroatoms. The Labute approximate surface area is 141 Å². The van der Waals surface area contributed by atoms with E-state index in [9.17, 15) is 0 Å². The Balaban J connectivity index is 0.00000156. The largest absolute Gasteiger partial charge is 0.369 e. The van der Waals surface area contributed by atoms with Gasteiger partial charge in [-0.3, -0.25) is 0 Å². The molecule has 0 radical (unpaired) electrons. The molecular weight excluding hydrogens is 306 g/mol. The van der Waals surface area contributed by atoms with Crippen LogP contribution in [0.3, 0.4) is 0 Å². The molecule has 0 amide bonds. The van der Waals surface area contributed by atoms with E-state index in [0.29, 0.717) is 0 Å². The molecule has 2 aromatic heterocycles. The number of rotatable bonds is 3. The highest BCUT2D eigenvalue weighted by molar-refractivity contribution is 5.87. The van der Waals surface area contributed by atoms with Crippen LogP contribution in [0.5, 0.6) is 0 Å². The number of nitrogens with one attached hydrogen (secondary N) is 1. The highest BCUT2D eigenvalue weighted by Crippen LogP contribution is 2.29. The number of para-hydroxylation sites is 2. The van der Waals surface area contributed by atoms with Crippen molar-refractivity contribution in [1.82, 2.24) is 9.38 Å². The molecule has 0 aliphatic heterocycles. The number of anilines is 1. The van der Waals surface area contributed by atoms with Crippen LogP contribution in [0.15, 0.2) is 66.9 Å². The summed E-state index contributed by atoms with van der Waals surface area (Å²) >= 11 is 0. The molecule has 0 bridgehead atoms. The second-order valence-corrected chi connectivity index (χ2v) is 5.33. The fourth-order valence-electron chi connectivity index (χ4n) is 2.87. The highest BCUT2D eigenvalue weighted by Gasteiger charge is 2.10. The van der Waals surface area contributed by atoms with Crippen LogP contribution in [0.1, 0.15) is 6.92 Å². The van der Waals surface area contributed by atoms with E-state index < -0.39 is 0 Å². The van der Waals surface area contributed by atoms with E-state index in [0.717, 1.165) is 28.9 Å². The third-order valence-corrected chi connectivity index (χ3v) is 3.89. The lowest BCUT2D eigenvalue weighted by atomic mass is 10.1. The number of hydrogen-bond donors (Lipinski definition) is 1. The number of hydrogen-bond acceptors (Lipinski definition) is 2. The molecule has 0 spiro atoms. The first-order valence-corrected chi connectivity index (χ1v) is 7.57. The van der Waals surface area contributed by atoms with Gasteiger partial charge in [-0.05, 0) is 30.7 Å². The summed E-state index contributed by atoms with van der Waals surface area (Å²) in [5.41, 5.74) is 5.66. The number of halogens is 1. The van der Waals surface area contributed by atoms with E-state index in [1.165, 1.54) is 11.1 Å². The van der Waals surface area contributed by atoms with Crippen LogP contribution in [0.25, 0.3) is 27.7 Å². The van der Waals surface area contributed by atoms with Crippen LogP contribution >= 0.6 is 12.4 Å². The zero-order valence-corrected chi connectivity index (χ0v) is 13.7. The number of nitrogens with zero attached hydrogens (tertiary/aromatic N) is 2. The van der Waals surface area contributed by atoms with Gasteiger partial charge in [-0.2, -0.15) is 0 Å². The van der Waals surface area contributed by atoms with Gasteiger partial charge in [-0.1, -0.05) is 42.5 Å². The lowest BCUT2D eigenvalue weighted by Gasteiger charge is -2.08. The van der Waals surface area contributed by atoms with Crippen molar-refractivity contribution < 1.29 is 0 Å². The Bertz CT molecular complexity index is 945. The molecule has 116 valence electrons. The van der Waals surface area contributed by atoms with Crippen LogP contribution in [0.2, 0.25) is 0 Å². The summed E-state index contributed by atoms with van der Waals surface area (Å²) in [7, 11) is 0. The summed E-state index contributed by atoms with van der Waals surface area (Å²) in [6, 6.07) is 20.9. The maximum atomic E-state index is 4.77. The van der Waals surface area contributed by atoms with Crippen molar-refractivity contribution in [3.63, 3.8) is 0 Å². The minimum atomic E-state index is 0. The third kappa shape index (κ3) is 2.64. The number of benzene rings is 2. The molecule has 0 aliphatic carbocycles. The molecule has 0 saturated heterocycles. The lowest BCUT2D eigenvalue weighted by molar-refractivity contribution is 1.15. The SMILES string of the molecule is CCNc1nc2ccccc2n2cc(-c3ccccc3)cc12.Cl. The van der Waals surface area contributed by atoms with Gasteiger partial charge in [0.1, 0.15) is 0 Å². The van der Waals surface area contributed by atoms with Crippen LogP contribution < -0.4 is 5.32 Å². The Hall–Kier alpha value is -2.52. The molecule has 4 aromatic rings. The summed E-state index contributed by atoms with van der Waals surface area (Å²) in [5, 5.41) is 3.38. The third-order valence-electron chi connectivity index (χ3n) is 3.89. The highest BCUT2D eigenvalue weighted by atomic mass is 35.5. The number of fused-ring (bicyclic) bond motifs is 3. The van der Waals surface area contributed by atoms with Crippen LogP contribution in [-0.2, 0) is 0 Å². The van der Waals surface area contributed by atoms with E-state index in [1.54, 1.807) is 0 Å². The second-order valence-electron chi connectivity index (χ2n) is 5.33. The standard InChI is InChI=1S/C19H17N3.ClH/c1-2-20-19-18-12-15(14-8-4-3-5-9-14)13-22(18)17-11-7-6-10-16(17)21-19;/h3-13H,2H2,1H3,(H,20,21);1H. The predicted octanol–water partition coefficient (Wildman–Crippen LogP) is 5.01. The molecule has 0 unspecified atom stereocenters. The van der Waals surface area contributed by atoms with Crippen molar-refractivity contribution >= 4 is 34.8 Å². The average Bonchev–Trinajstić information content (AvgIpc) is 3.02. The topological polar surface area (TPSA) is 29.3 Å². The van der Waals surface area contributed by atoms with Crippen molar-refractivity contribution in [3.8, 4) is 11.1 Å². The van der Waals surface area contributed by atoms with Crippen molar-refractivity contribution in [1.29, 1.82) is 0 Å². The minimum absolute atomic E-state index is 0. The molecular formula is C19H18ClN3. The molecule has 23 heavy (non-hydrogen) atoms. The zero-order chi connectivity index (χ0) is 14.9. The molecule has 0 fully saturated rings. The van der Waals surface area contributed by atoms with E-state index in [2.05, 4.69) is 71.4 Å². The molecule has 3 nitrogen and oxygen atoms in total. The molecule has 0 saturated carbocycles. The minimum Gasteiger partial charge on any atom is -0.369 e. The summed E-state index contributed by atoms with van der Waals surface area (Å²) in [5.74, 6) is 0.934. The molecule has 2 heterocycles. The van der Waals surface area contributed by atoms with Crippen molar-refractivity contribution in [3.05, 3.63) is 66.9 Å². The summed E-state index contributed by atoms with van der Waals surface area (Å²) in [6.45, 7) is 2.95. The fraction of sp³-hybridized carbons (Fsp3) is 0.105. The normalized spacial score (nSPS) is 10.7. The molecule has 1 N–H and O–H groups in total. The van der Waals surface area contributed by atoms with Gasteiger partial charge in [-0.25, -0.2) is 4.98 Å².